The van der Waals surface area contributed by atoms with Crippen LogP contribution in [0.2, 0.25) is 0 Å². The van der Waals surface area contributed by atoms with Crippen molar-refractivity contribution >= 4 is 0 Å². The minimum Gasteiger partial charge on any atom is -0.473 e. The van der Waals surface area contributed by atoms with Gasteiger partial charge in [-0.05, 0) is 25.0 Å². The summed E-state index contributed by atoms with van der Waals surface area (Å²) in [4.78, 5) is 5.96. The SMILES string of the molecule is CCC(C)(C)C(Oc1ccc(F)nc1)N1CCC1. The average molecular weight is 252 g/mol. The van der Waals surface area contributed by atoms with Gasteiger partial charge in [0.2, 0.25) is 5.95 Å². The quantitative estimate of drug-likeness (QED) is 0.753. The van der Waals surface area contributed by atoms with E-state index < -0.39 is 5.95 Å². The number of hydrogen-bond donors (Lipinski definition) is 0. The van der Waals surface area contributed by atoms with Gasteiger partial charge in [0.1, 0.15) is 5.75 Å². The predicted molar refractivity (Wildman–Crippen MR) is 68.9 cm³/mol. The van der Waals surface area contributed by atoms with Crippen LogP contribution in [0.3, 0.4) is 0 Å². The first-order chi connectivity index (χ1) is 8.53. The highest BCUT2D eigenvalue weighted by molar-refractivity contribution is 5.17. The number of halogens is 1. The Bertz CT molecular complexity index is 387. The van der Waals surface area contributed by atoms with E-state index in [0.29, 0.717) is 5.75 Å². The number of hydrogen-bond acceptors (Lipinski definition) is 3. The minimum atomic E-state index is -0.474. The number of likely N-dealkylation sites (tertiary alicyclic amines) is 1. The van der Waals surface area contributed by atoms with Crippen molar-refractivity contribution in [1.29, 1.82) is 0 Å². The molecular formula is C14H21FN2O. The zero-order valence-corrected chi connectivity index (χ0v) is 11.3. The summed E-state index contributed by atoms with van der Waals surface area (Å²) in [5.41, 5.74) is 0.0643. The van der Waals surface area contributed by atoms with Gasteiger partial charge in [0, 0.05) is 18.5 Å². The van der Waals surface area contributed by atoms with E-state index in [1.165, 1.54) is 18.7 Å². The summed E-state index contributed by atoms with van der Waals surface area (Å²) in [6.45, 7) is 8.71. The molecule has 2 heterocycles. The van der Waals surface area contributed by atoms with Gasteiger partial charge in [-0.3, -0.25) is 4.90 Å². The highest BCUT2D eigenvalue weighted by atomic mass is 19.1. The van der Waals surface area contributed by atoms with Gasteiger partial charge in [-0.25, -0.2) is 4.98 Å². The van der Waals surface area contributed by atoms with Gasteiger partial charge in [-0.1, -0.05) is 20.8 Å². The summed E-state index contributed by atoms with van der Waals surface area (Å²) >= 11 is 0. The third-order valence-electron chi connectivity index (χ3n) is 3.75. The van der Waals surface area contributed by atoms with Crippen molar-refractivity contribution < 1.29 is 9.13 Å². The molecule has 100 valence electrons. The smallest absolute Gasteiger partial charge is 0.213 e. The Labute approximate surface area is 108 Å². The average Bonchev–Trinajstić information content (AvgIpc) is 2.28. The molecule has 0 saturated carbocycles. The standard InChI is InChI=1S/C14H21FN2O/c1-4-14(2,3)13(17-8-5-9-17)18-11-6-7-12(15)16-10-11/h6-7,10,13H,4-5,8-9H2,1-3H3. The summed E-state index contributed by atoms with van der Waals surface area (Å²) in [6, 6.07) is 2.97. The molecule has 0 radical (unpaired) electrons. The second-order valence-corrected chi connectivity index (χ2v) is 5.52. The Morgan fingerprint density at radius 3 is 2.61 bits per heavy atom. The van der Waals surface area contributed by atoms with Gasteiger partial charge in [0.15, 0.2) is 6.23 Å². The molecule has 1 saturated heterocycles. The highest BCUT2D eigenvalue weighted by Crippen LogP contribution is 2.33. The van der Waals surface area contributed by atoms with E-state index in [9.17, 15) is 4.39 Å². The molecule has 3 nitrogen and oxygen atoms in total. The van der Waals surface area contributed by atoms with Crippen molar-refractivity contribution in [3.8, 4) is 5.75 Å². The van der Waals surface area contributed by atoms with Gasteiger partial charge in [-0.2, -0.15) is 4.39 Å². The van der Waals surface area contributed by atoms with Crippen molar-refractivity contribution in [3.05, 3.63) is 24.3 Å². The fourth-order valence-electron chi connectivity index (χ4n) is 2.04. The third-order valence-corrected chi connectivity index (χ3v) is 3.75. The Morgan fingerprint density at radius 2 is 2.17 bits per heavy atom. The van der Waals surface area contributed by atoms with Crippen LogP contribution in [0.4, 0.5) is 4.39 Å². The lowest BCUT2D eigenvalue weighted by Crippen LogP contribution is -2.54. The Morgan fingerprint density at radius 1 is 1.44 bits per heavy atom. The molecular weight excluding hydrogens is 231 g/mol. The Balaban J connectivity index is 2.12. The van der Waals surface area contributed by atoms with E-state index >= 15 is 0 Å². The van der Waals surface area contributed by atoms with Crippen LogP contribution in [0.1, 0.15) is 33.6 Å². The second kappa shape index (κ2) is 5.22. The van der Waals surface area contributed by atoms with E-state index in [-0.39, 0.29) is 11.6 Å². The molecule has 1 aromatic heterocycles. The zero-order valence-electron chi connectivity index (χ0n) is 11.3. The molecule has 1 aliphatic rings. The topological polar surface area (TPSA) is 25.4 Å². The first-order valence-corrected chi connectivity index (χ1v) is 6.55. The van der Waals surface area contributed by atoms with Crippen molar-refractivity contribution in [2.24, 2.45) is 5.41 Å². The summed E-state index contributed by atoms with van der Waals surface area (Å²) in [7, 11) is 0. The lowest BCUT2D eigenvalue weighted by atomic mass is 9.86. The molecule has 0 bridgehead atoms. The molecule has 0 aliphatic carbocycles. The van der Waals surface area contributed by atoms with Crippen LogP contribution in [0.5, 0.6) is 5.75 Å². The van der Waals surface area contributed by atoms with Crippen molar-refractivity contribution in [2.45, 2.75) is 39.8 Å². The number of pyridine rings is 1. The zero-order chi connectivity index (χ0) is 13.2. The maximum atomic E-state index is 12.8. The van der Waals surface area contributed by atoms with Crippen LogP contribution >= 0.6 is 0 Å². The van der Waals surface area contributed by atoms with Gasteiger partial charge >= 0.3 is 0 Å². The third kappa shape index (κ3) is 2.80. The summed E-state index contributed by atoms with van der Waals surface area (Å²) in [5.74, 6) is 0.160. The maximum absolute atomic E-state index is 12.8. The van der Waals surface area contributed by atoms with Crippen molar-refractivity contribution in [1.82, 2.24) is 9.88 Å². The van der Waals surface area contributed by atoms with Crippen molar-refractivity contribution in [3.63, 3.8) is 0 Å². The number of aromatic nitrogens is 1. The fourth-order valence-corrected chi connectivity index (χ4v) is 2.04. The number of rotatable bonds is 5. The van der Waals surface area contributed by atoms with Crippen LogP contribution in [0, 0.1) is 11.4 Å². The molecule has 1 atom stereocenters. The Hall–Kier alpha value is -1.16. The molecule has 4 heteroatoms. The first-order valence-electron chi connectivity index (χ1n) is 6.55. The van der Waals surface area contributed by atoms with Crippen LogP contribution in [0.15, 0.2) is 18.3 Å². The van der Waals surface area contributed by atoms with Crippen molar-refractivity contribution in [2.75, 3.05) is 13.1 Å². The van der Waals surface area contributed by atoms with Gasteiger partial charge in [0.05, 0.1) is 6.20 Å². The van der Waals surface area contributed by atoms with E-state index in [1.54, 1.807) is 6.07 Å². The molecule has 0 aromatic carbocycles. The number of ether oxygens (including phenoxy) is 1. The predicted octanol–water partition coefficient (Wildman–Crippen LogP) is 3.07. The van der Waals surface area contributed by atoms with Crippen LogP contribution < -0.4 is 4.74 Å². The molecule has 1 fully saturated rings. The van der Waals surface area contributed by atoms with Crippen LogP contribution in [0.25, 0.3) is 0 Å². The van der Waals surface area contributed by atoms with Gasteiger partial charge in [0.25, 0.3) is 0 Å². The minimum absolute atomic E-state index is 0.0310. The molecule has 18 heavy (non-hydrogen) atoms. The molecule has 0 amide bonds. The molecule has 0 spiro atoms. The second-order valence-electron chi connectivity index (χ2n) is 5.52. The monoisotopic (exact) mass is 252 g/mol. The highest BCUT2D eigenvalue weighted by Gasteiger charge is 2.37. The number of nitrogens with zero attached hydrogens (tertiary/aromatic N) is 2. The molecule has 1 unspecified atom stereocenters. The fraction of sp³-hybridized carbons (Fsp3) is 0.643. The van der Waals surface area contributed by atoms with E-state index in [2.05, 4.69) is 30.7 Å². The summed E-state index contributed by atoms with van der Waals surface area (Å²) < 4.78 is 18.8. The summed E-state index contributed by atoms with van der Waals surface area (Å²) in [5, 5.41) is 0. The largest absolute Gasteiger partial charge is 0.473 e. The van der Waals surface area contributed by atoms with E-state index in [1.807, 2.05) is 0 Å². The molecule has 1 aromatic rings. The lowest BCUT2D eigenvalue weighted by molar-refractivity contribution is -0.0886. The Kier molecular flexibility index (Phi) is 3.85. The van der Waals surface area contributed by atoms with Gasteiger partial charge in [-0.15, -0.1) is 0 Å². The lowest BCUT2D eigenvalue weighted by Gasteiger charge is -2.45. The molecule has 1 aliphatic heterocycles. The van der Waals surface area contributed by atoms with Gasteiger partial charge < -0.3 is 4.74 Å². The van der Waals surface area contributed by atoms with Crippen LogP contribution in [-0.4, -0.2) is 29.2 Å². The van der Waals surface area contributed by atoms with E-state index in [0.717, 1.165) is 19.5 Å². The van der Waals surface area contributed by atoms with E-state index in [4.69, 9.17) is 4.74 Å². The maximum Gasteiger partial charge on any atom is 0.213 e. The normalized spacial score (nSPS) is 18.2. The summed E-state index contributed by atoms with van der Waals surface area (Å²) in [6.07, 6.45) is 3.74. The molecule has 2 rings (SSSR count). The van der Waals surface area contributed by atoms with Crippen LogP contribution in [-0.2, 0) is 0 Å². The molecule has 0 N–H and O–H groups in total. The first kappa shape index (κ1) is 13.3.